The average Bonchev–Trinajstić information content (AvgIpc) is 4.07. The normalized spacial score (nSPS) is 11.5. The van der Waals surface area contributed by atoms with Crippen LogP contribution in [-0.2, 0) is 24.4 Å². The third kappa shape index (κ3) is 9.54. The fourth-order valence-corrected chi connectivity index (χ4v) is 9.83. The quantitative estimate of drug-likeness (QED) is 0.130. The van der Waals surface area contributed by atoms with Gasteiger partial charge in [0.05, 0.1) is 59.5 Å². The van der Waals surface area contributed by atoms with Crippen LogP contribution < -0.4 is 0 Å². The van der Waals surface area contributed by atoms with Gasteiger partial charge in [-0.25, -0.2) is 35.8 Å². The number of esters is 1. The van der Waals surface area contributed by atoms with E-state index in [0.717, 1.165) is 30.6 Å². The van der Waals surface area contributed by atoms with Crippen LogP contribution in [0.25, 0.3) is 53.4 Å². The molecule has 61 heavy (non-hydrogen) atoms. The van der Waals surface area contributed by atoms with Gasteiger partial charge in [0.1, 0.15) is 0 Å². The molecule has 0 spiro atoms. The smallest absolute Gasteiger partial charge is 0.358 e. The van der Waals surface area contributed by atoms with E-state index in [9.17, 15) is 31.5 Å². The Balaban J connectivity index is 0.000000184. The molecule has 1 N–H and O–H groups in total. The van der Waals surface area contributed by atoms with Crippen molar-refractivity contribution >= 4 is 77.5 Å². The lowest BCUT2D eigenvalue weighted by atomic mass is 10.2. The zero-order chi connectivity index (χ0) is 43.6. The monoisotopic (exact) mass is 930 g/mol. The van der Waals surface area contributed by atoms with Crippen LogP contribution in [0.5, 0.6) is 0 Å². The lowest BCUT2D eigenvalue weighted by Crippen LogP contribution is -2.04. The van der Waals surface area contributed by atoms with Gasteiger partial charge in [0, 0.05) is 34.4 Å². The number of nitrogens with zero attached hydrogens (tertiary/aromatic N) is 4. The molecule has 0 amide bonds. The van der Waals surface area contributed by atoms with Crippen molar-refractivity contribution in [3.8, 4) is 53.4 Å². The third-order valence-corrected chi connectivity index (χ3v) is 14.2. The molecule has 0 saturated heterocycles. The predicted octanol–water partition coefficient (Wildman–Crippen LogP) is 10.1. The molecule has 0 fully saturated rings. The fourth-order valence-electron chi connectivity index (χ4n) is 6.06. The number of rotatable bonds is 10. The van der Waals surface area contributed by atoms with Crippen molar-refractivity contribution in [3.05, 3.63) is 155 Å². The minimum atomic E-state index is -3.32. The molecule has 4 aromatic carbocycles. The highest BCUT2D eigenvalue weighted by Gasteiger charge is 2.22. The number of sulfone groups is 2. The van der Waals surface area contributed by atoms with Crippen LogP contribution in [0.1, 0.15) is 21.0 Å². The first-order valence-electron chi connectivity index (χ1n) is 17.8. The summed E-state index contributed by atoms with van der Waals surface area (Å²) in [6, 6.07) is 38.4. The van der Waals surface area contributed by atoms with Gasteiger partial charge in [-0.1, -0.05) is 71.7 Å². The lowest BCUT2D eigenvalue weighted by Gasteiger charge is -2.07. The Labute approximate surface area is 368 Å². The Kier molecular flexibility index (Phi) is 12.5. The van der Waals surface area contributed by atoms with E-state index in [2.05, 4.69) is 10.2 Å². The van der Waals surface area contributed by atoms with E-state index < -0.39 is 31.6 Å². The number of ether oxygens (including phenoxy) is 1. The lowest BCUT2D eigenvalue weighted by molar-refractivity contribution is 0.0592. The maximum absolute atomic E-state index is 12.1. The Morgan fingerprint density at radius 3 is 1.39 bits per heavy atom. The number of hydrogen-bond donors (Lipinski definition) is 1. The number of hydrogen-bond acceptors (Lipinski definition) is 11. The van der Waals surface area contributed by atoms with Crippen molar-refractivity contribution in [1.29, 1.82) is 0 Å². The largest absolute Gasteiger partial charge is 0.476 e. The van der Waals surface area contributed by atoms with Gasteiger partial charge < -0.3 is 9.84 Å². The summed E-state index contributed by atoms with van der Waals surface area (Å²) in [4.78, 5) is 27.4. The van der Waals surface area contributed by atoms with E-state index >= 15 is 0 Å². The Morgan fingerprint density at radius 2 is 0.984 bits per heavy atom. The van der Waals surface area contributed by atoms with E-state index in [-0.39, 0.29) is 21.2 Å². The summed E-state index contributed by atoms with van der Waals surface area (Å²) in [7, 11) is -5.33. The van der Waals surface area contributed by atoms with Gasteiger partial charge in [0.25, 0.3) is 0 Å². The van der Waals surface area contributed by atoms with Gasteiger partial charge in [-0.15, -0.1) is 22.7 Å². The molecule has 12 nitrogen and oxygen atoms in total. The molecular weight excluding hydrogens is 900 g/mol. The summed E-state index contributed by atoms with van der Waals surface area (Å²) >= 11 is 15.5. The van der Waals surface area contributed by atoms with Crippen LogP contribution in [0.3, 0.4) is 0 Å². The summed E-state index contributed by atoms with van der Waals surface area (Å²) in [6.45, 7) is 0. The zero-order valence-electron chi connectivity index (χ0n) is 32.2. The first-order valence-corrected chi connectivity index (χ1v) is 24.0. The van der Waals surface area contributed by atoms with Gasteiger partial charge in [-0.05, 0) is 83.9 Å². The molecule has 0 aliphatic heterocycles. The zero-order valence-corrected chi connectivity index (χ0v) is 37.0. The highest BCUT2D eigenvalue weighted by molar-refractivity contribution is 7.91. The Bertz CT molecular complexity index is 3190. The number of methoxy groups -OCH3 is 1. The highest BCUT2D eigenvalue weighted by atomic mass is 35.5. The standard InChI is InChI=1S/C22H17ClN2O4S2.C21H15ClN2O4S2/c1-29-22(26)17-13-19(25(24-17)18-9-4-3-8-16(18)23)21-11-10-20(30-21)14-6-5-7-15(12-14)31(2,27)28;1-30(27,28)14-6-4-5-13(11-14)19-9-10-20(29-19)18-12-16(21(25)26)23-24(18)17-8-3-2-7-15(17)22/h3-13H,1-2H3;2-12H,1H3,(H,25,26). The van der Waals surface area contributed by atoms with E-state index in [1.54, 1.807) is 77.5 Å². The molecule has 0 aliphatic carbocycles. The van der Waals surface area contributed by atoms with Crippen molar-refractivity contribution in [2.24, 2.45) is 0 Å². The minimum absolute atomic E-state index is 0.0982. The van der Waals surface area contributed by atoms with E-state index in [0.29, 0.717) is 32.8 Å². The molecule has 0 radical (unpaired) electrons. The summed E-state index contributed by atoms with van der Waals surface area (Å²) in [5.41, 5.74) is 4.05. The maximum Gasteiger partial charge on any atom is 0.358 e. The topological polar surface area (TPSA) is 168 Å². The number of benzene rings is 4. The summed E-state index contributed by atoms with van der Waals surface area (Å²) in [5, 5.41) is 18.9. The molecule has 4 heterocycles. The second-order valence-electron chi connectivity index (χ2n) is 13.3. The van der Waals surface area contributed by atoms with Crippen molar-refractivity contribution in [3.63, 3.8) is 0 Å². The third-order valence-electron chi connectivity index (χ3n) is 9.00. The number of aromatic nitrogens is 4. The van der Waals surface area contributed by atoms with Crippen molar-refractivity contribution in [1.82, 2.24) is 19.6 Å². The van der Waals surface area contributed by atoms with Crippen molar-refractivity contribution in [2.75, 3.05) is 19.6 Å². The molecule has 18 heteroatoms. The van der Waals surface area contributed by atoms with E-state index in [4.69, 9.17) is 27.9 Å². The van der Waals surface area contributed by atoms with Crippen LogP contribution in [0.15, 0.2) is 143 Å². The van der Waals surface area contributed by atoms with Crippen LogP contribution >= 0.6 is 45.9 Å². The summed E-state index contributed by atoms with van der Waals surface area (Å²) in [5.74, 6) is -1.69. The number of carbonyl (C=O) groups is 2. The van der Waals surface area contributed by atoms with Gasteiger partial charge in [-0.2, -0.15) is 10.2 Å². The van der Waals surface area contributed by atoms with Crippen LogP contribution in [-0.4, -0.2) is 73.1 Å². The number of carbonyl (C=O) groups excluding carboxylic acids is 1. The van der Waals surface area contributed by atoms with Crippen LogP contribution in [0.4, 0.5) is 0 Å². The Morgan fingerprint density at radius 1 is 0.574 bits per heavy atom. The fraction of sp³-hybridized carbons (Fsp3) is 0.0698. The molecule has 0 atom stereocenters. The first-order chi connectivity index (χ1) is 29.0. The predicted molar refractivity (Wildman–Crippen MR) is 239 cm³/mol. The number of carboxylic acids is 1. The SMILES string of the molecule is COC(=O)c1cc(-c2ccc(-c3cccc(S(C)(=O)=O)c3)s2)n(-c2ccccc2Cl)n1.CS(=O)(=O)c1cccc(-c2ccc(-c3cc(C(=O)O)nn3-c3ccccc3Cl)s2)c1. The second kappa shape index (κ2) is 17.6. The number of aromatic carboxylic acids is 1. The number of carboxylic acid groups (broad SMARTS) is 1. The van der Waals surface area contributed by atoms with Gasteiger partial charge >= 0.3 is 11.9 Å². The number of thiophene rings is 2. The molecule has 310 valence electrons. The first kappa shape index (κ1) is 43.2. The average molecular weight is 932 g/mol. The molecule has 0 aliphatic rings. The van der Waals surface area contributed by atoms with Crippen molar-refractivity contribution < 1.29 is 36.3 Å². The van der Waals surface area contributed by atoms with Crippen LogP contribution in [0, 0.1) is 0 Å². The molecular formula is C43H32Cl2N4O8S4. The van der Waals surface area contributed by atoms with Crippen LogP contribution in [0.2, 0.25) is 10.0 Å². The Hall–Kier alpha value is -5.88. The molecule has 0 unspecified atom stereocenters. The molecule has 0 bridgehead atoms. The highest BCUT2D eigenvalue weighted by Crippen LogP contribution is 2.39. The molecule has 8 aromatic rings. The molecule has 8 rings (SSSR count). The number of halogens is 2. The molecule has 0 saturated carbocycles. The summed E-state index contributed by atoms with van der Waals surface area (Å²) < 4.78 is 55.5. The van der Waals surface area contributed by atoms with Crippen molar-refractivity contribution in [2.45, 2.75) is 9.79 Å². The number of para-hydroxylation sites is 2. The van der Waals surface area contributed by atoms with E-state index in [1.807, 2.05) is 54.6 Å². The minimum Gasteiger partial charge on any atom is -0.476 e. The summed E-state index contributed by atoms with van der Waals surface area (Å²) in [6.07, 6.45) is 2.35. The van der Waals surface area contributed by atoms with E-state index in [1.165, 1.54) is 53.0 Å². The van der Waals surface area contributed by atoms with Gasteiger partial charge in [0.2, 0.25) is 0 Å². The second-order valence-corrected chi connectivity index (χ2v) is 20.3. The molecule has 4 aromatic heterocycles. The maximum atomic E-state index is 12.1. The van der Waals surface area contributed by atoms with Gasteiger partial charge in [-0.3, -0.25) is 0 Å². The van der Waals surface area contributed by atoms with Gasteiger partial charge in [0.15, 0.2) is 31.1 Å².